The molecule has 0 saturated carbocycles. The lowest BCUT2D eigenvalue weighted by Gasteiger charge is -2.34. The molecular formula is C30H35FN2O3. The Kier molecular flexibility index (Phi) is 9.62. The Hall–Kier alpha value is -3.67. The van der Waals surface area contributed by atoms with Crippen LogP contribution in [0.1, 0.15) is 44.7 Å². The maximum absolute atomic E-state index is 14.6. The van der Waals surface area contributed by atoms with Crippen molar-refractivity contribution in [3.63, 3.8) is 0 Å². The Balaban J connectivity index is 1.83. The quantitative estimate of drug-likeness (QED) is 0.359. The normalized spacial score (nSPS) is 12.0. The predicted octanol–water partition coefficient (Wildman–Crippen LogP) is 5.54. The number of carbonyl (C=O) groups is 2. The molecule has 5 nitrogen and oxygen atoms in total. The fourth-order valence-corrected chi connectivity index (χ4v) is 3.89. The van der Waals surface area contributed by atoms with Crippen LogP contribution in [-0.2, 0) is 22.6 Å². The van der Waals surface area contributed by atoms with Crippen molar-refractivity contribution in [2.24, 2.45) is 0 Å². The van der Waals surface area contributed by atoms with Gasteiger partial charge in [0, 0.05) is 30.5 Å². The molecule has 0 saturated heterocycles. The number of para-hydroxylation sites is 1. The van der Waals surface area contributed by atoms with Crippen LogP contribution in [-0.4, -0.2) is 34.9 Å². The van der Waals surface area contributed by atoms with Gasteiger partial charge in [-0.1, -0.05) is 66.7 Å². The zero-order chi connectivity index (χ0) is 26.0. The van der Waals surface area contributed by atoms with E-state index in [0.29, 0.717) is 25.0 Å². The summed E-state index contributed by atoms with van der Waals surface area (Å²) < 4.78 is 20.3. The third kappa shape index (κ3) is 8.52. The van der Waals surface area contributed by atoms with Crippen LogP contribution in [0.5, 0.6) is 5.75 Å². The summed E-state index contributed by atoms with van der Waals surface area (Å²) in [5, 5.41) is 3.01. The van der Waals surface area contributed by atoms with Gasteiger partial charge in [0.25, 0.3) is 0 Å². The number of amides is 2. The van der Waals surface area contributed by atoms with E-state index >= 15 is 0 Å². The third-order valence-corrected chi connectivity index (χ3v) is 5.61. The van der Waals surface area contributed by atoms with Gasteiger partial charge in [0.05, 0.1) is 6.61 Å². The summed E-state index contributed by atoms with van der Waals surface area (Å²) >= 11 is 0. The van der Waals surface area contributed by atoms with Crippen molar-refractivity contribution in [3.8, 4) is 5.75 Å². The van der Waals surface area contributed by atoms with Gasteiger partial charge >= 0.3 is 0 Å². The lowest BCUT2D eigenvalue weighted by Crippen LogP contribution is -2.54. The van der Waals surface area contributed by atoms with Gasteiger partial charge in [0.15, 0.2) is 0 Å². The summed E-state index contributed by atoms with van der Waals surface area (Å²) in [6.45, 7) is 6.05. The van der Waals surface area contributed by atoms with E-state index in [4.69, 9.17) is 4.74 Å². The summed E-state index contributed by atoms with van der Waals surface area (Å²) in [5.74, 6) is -0.159. The molecule has 0 heterocycles. The van der Waals surface area contributed by atoms with Gasteiger partial charge in [0.1, 0.15) is 17.6 Å². The highest BCUT2D eigenvalue weighted by atomic mass is 19.1. The van der Waals surface area contributed by atoms with E-state index in [2.05, 4.69) is 5.32 Å². The Morgan fingerprint density at radius 1 is 0.917 bits per heavy atom. The van der Waals surface area contributed by atoms with E-state index in [-0.39, 0.29) is 24.8 Å². The van der Waals surface area contributed by atoms with Crippen LogP contribution in [0.15, 0.2) is 84.9 Å². The molecule has 2 amide bonds. The first kappa shape index (κ1) is 26.9. The molecule has 3 rings (SSSR count). The van der Waals surface area contributed by atoms with Crippen molar-refractivity contribution in [2.75, 3.05) is 6.61 Å². The first-order chi connectivity index (χ1) is 17.2. The molecule has 0 bridgehead atoms. The van der Waals surface area contributed by atoms with Crippen molar-refractivity contribution in [2.45, 2.75) is 58.2 Å². The lowest BCUT2D eigenvalue weighted by molar-refractivity contribution is -0.142. The van der Waals surface area contributed by atoms with Crippen LogP contribution in [0.2, 0.25) is 0 Å². The van der Waals surface area contributed by atoms with Crippen LogP contribution in [0.3, 0.4) is 0 Å². The Morgan fingerprint density at radius 3 is 2.17 bits per heavy atom. The van der Waals surface area contributed by atoms with Gasteiger partial charge < -0.3 is 15.0 Å². The zero-order valence-electron chi connectivity index (χ0n) is 21.2. The van der Waals surface area contributed by atoms with Crippen molar-refractivity contribution >= 4 is 11.8 Å². The second-order valence-corrected chi connectivity index (χ2v) is 9.82. The summed E-state index contributed by atoms with van der Waals surface area (Å²) in [6.07, 6.45) is 0.972. The third-order valence-electron chi connectivity index (χ3n) is 5.61. The molecule has 0 spiro atoms. The van der Waals surface area contributed by atoms with Crippen molar-refractivity contribution < 1.29 is 18.7 Å². The van der Waals surface area contributed by atoms with E-state index < -0.39 is 17.4 Å². The van der Waals surface area contributed by atoms with E-state index in [9.17, 15) is 14.0 Å². The molecular weight excluding hydrogens is 455 g/mol. The van der Waals surface area contributed by atoms with E-state index in [1.807, 2.05) is 81.4 Å². The van der Waals surface area contributed by atoms with Gasteiger partial charge in [-0.2, -0.15) is 0 Å². The molecule has 0 unspecified atom stereocenters. The fourth-order valence-electron chi connectivity index (χ4n) is 3.89. The smallest absolute Gasteiger partial charge is 0.243 e. The molecule has 0 aliphatic carbocycles. The molecule has 1 N–H and O–H groups in total. The summed E-state index contributed by atoms with van der Waals surface area (Å²) in [7, 11) is 0. The van der Waals surface area contributed by atoms with Crippen LogP contribution in [0.25, 0.3) is 0 Å². The first-order valence-corrected chi connectivity index (χ1v) is 12.3. The predicted molar refractivity (Wildman–Crippen MR) is 140 cm³/mol. The lowest BCUT2D eigenvalue weighted by atomic mass is 10.00. The molecule has 0 aliphatic heterocycles. The summed E-state index contributed by atoms with van der Waals surface area (Å²) in [5.41, 5.74) is 0.806. The number of rotatable bonds is 11. The van der Waals surface area contributed by atoms with Gasteiger partial charge in [0.2, 0.25) is 11.8 Å². The van der Waals surface area contributed by atoms with Crippen molar-refractivity contribution in [1.82, 2.24) is 10.2 Å². The zero-order valence-corrected chi connectivity index (χ0v) is 21.2. The highest BCUT2D eigenvalue weighted by Gasteiger charge is 2.32. The Bertz CT molecular complexity index is 1110. The van der Waals surface area contributed by atoms with E-state index in [1.54, 1.807) is 18.2 Å². The molecule has 36 heavy (non-hydrogen) atoms. The molecule has 0 aromatic heterocycles. The average molecular weight is 491 g/mol. The standard InChI is InChI=1S/C30H35FN2O3/c1-30(2,3)32-29(35)27(21-23-13-6-4-7-14-23)33(22-24-15-10-11-18-26(24)31)28(34)19-12-20-36-25-16-8-5-9-17-25/h4-11,13-18,27H,12,19-22H2,1-3H3,(H,32,35)/t27-/m1/s1. The molecule has 6 heteroatoms. The van der Waals surface area contributed by atoms with Crippen LogP contribution < -0.4 is 10.1 Å². The van der Waals surface area contributed by atoms with E-state index in [0.717, 1.165) is 11.3 Å². The maximum Gasteiger partial charge on any atom is 0.243 e. The number of benzene rings is 3. The minimum absolute atomic E-state index is 0.000111. The molecule has 1 atom stereocenters. The second kappa shape index (κ2) is 12.9. The number of halogens is 1. The van der Waals surface area contributed by atoms with Gasteiger partial charge in [-0.25, -0.2) is 4.39 Å². The maximum atomic E-state index is 14.6. The van der Waals surface area contributed by atoms with E-state index in [1.165, 1.54) is 11.0 Å². The summed E-state index contributed by atoms with van der Waals surface area (Å²) in [4.78, 5) is 28.5. The Labute approximate surface area is 213 Å². The fraction of sp³-hybridized carbons (Fsp3) is 0.333. The number of ether oxygens (including phenoxy) is 1. The molecule has 190 valence electrons. The minimum Gasteiger partial charge on any atom is -0.494 e. The number of carbonyl (C=O) groups excluding carboxylic acids is 2. The highest BCUT2D eigenvalue weighted by molar-refractivity contribution is 5.88. The average Bonchev–Trinajstić information content (AvgIpc) is 2.85. The largest absolute Gasteiger partial charge is 0.494 e. The molecule has 0 aliphatic rings. The molecule has 3 aromatic rings. The number of nitrogens with one attached hydrogen (secondary N) is 1. The monoisotopic (exact) mass is 490 g/mol. The second-order valence-electron chi connectivity index (χ2n) is 9.82. The SMILES string of the molecule is CC(C)(C)NC(=O)[C@@H](Cc1ccccc1)N(Cc1ccccc1F)C(=O)CCCOc1ccccc1. The molecule has 0 fully saturated rings. The van der Waals surface area contributed by atoms with Gasteiger partial charge in [-0.3, -0.25) is 9.59 Å². The molecule has 3 aromatic carbocycles. The number of nitrogens with zero attached hydrogens (tertiary/aromatic N) is 1. The van der Waals surface area contributed by atoms with Crippen molar-refractivity contribution in [3.05, 3.63) is 102 Å². The van der Waals surface area contributed by atoms with Crippen LogP contribution in [0, 0.1) is 5.82 Å². The minimum atomic E-state index is -0.797. The van der Waals surface area contributed by atoms with Gasteiger partial charge in [-0.15, -0.1) is 0 Å². The molecule has 0 radical (unpaired) electrons. The first-order valence-electron chi connectivity index (χ1n) is 12.3. The van der Waals surface area contributed by atoms with Crippen molar-refractivity contribution in [1.29, 1.82) is 0 Å². The Morgan fingerprint density at radius 2 is 1.53 bits per heavy atom. The summed E-state index contributed by atoms with van der Waals surface area (Å²) in [6, 6.07) is 24.5. The van der Waals surface area contributed by atoms with Gasteiger partial charge in [-0.05, 0) is 51.0 Å². The van der Waals surface area contributed by atoms with Crippen LogP contribution in [0.4, 0.5) is 4.39 Å². The number of hydrogen-bond acceptors (Lipinski definition) is 3. The van der Waals surface area contributed by atoms with Crippen LogP contribution >= 0.6 is 0 Å². The highest BCUT2D eigenvalue weighted by Crippen LogP contribution is 2.19. The topological polar surface area (TPSA) is 58.6 Å². The number of hydrogen-bond donors (Lipinski definition) is 1.